The van der Waals surface area contributed by atoms with Crippen molar-refractivity contribution in [3.63, 3.8) is 0 Å². The number of benzene rings is 2. The highest BCUT2D eigenvalue weighted by molar-refractivity contribution is 6.03. The summed E-state index contributed by atoms with van der Waals surface area (Å²) < 4.78 is 10.6. The lowest BCUT2D eigenvalue weighted by Gasteiger charge is -2.29. The first kappa shape index (κ1) is 26.4. The van der Waals surface area contributed by atoms with Crippen LogP contribution in [0.4, 0.5) is 0 Å². The summed E-state index contributed by atoms with van der Waals surface area (Å²) in [5, 5.41) is 6.30. The number of methoxy groups -OCH3 is 2. The first-order chi connectivity index (χ1) is 16.6. The SMILES string of the molecule is COCCN(CC(=O)N1N=C(c2cccc(OC)c2)C[C@H]1c1ccc(C)cc1)C(=O)CC(C)(C)C. The van der Waals surface area contributed by atoms with E-state index in [-0.39, 0.29) is 29.8 Å². The molecule has 2 aromatic carbocycles. The van der Waals surface area contributed by atoms with Crippen LogP contribution in [0.25, 0.3) is 0 Å². The largest absolute Gasteiger partial charge is 0.497 e. The fourth-order valence-corrected chi connectivity index (χ4v) is 4.06. The van der Waals surface area contributed by atoms with Gasteiger partial charge in [0.1, 0.15) is 12.3 Å². The zero-order valence-electron chi connectivity index (χ0n) is 21.7. The molecule has 2 aromatic rings. The topological polar surface area (TPSA) is 71.4 Å². The van der Waals surface area contributed by atoms with Crippen LogP contribution in [0.2, 0.25) is 0 Å². The van der Waals surface area contributed by atoms with E-state index < -0.39 is 0 Å². The molecule has 7 nitrogen and oxygen atoms in total. The second-order valence-corrected chi connectivity index (χ2v) is 10.2. The van der Waals surface area contributed by atoms with Crippen LogP contribution in [-0.2, 0) is 14.3 Å². The predicted octanol–water partition coefficient (Wildman–Crippen LogP) is 4.59. The molecule has 3 rings (SSSR count). The average molecular weight is 480 g/mol. The number of aryl methyl sites for hydroxylation is 1. The van der Waals surface area contributed by atoms with Crippen molar-refractivity contribution < 1.29 is 19.1 Å². The molecule has 1 aliphatic rings. The Labute approximate surface area is 208 Å². The first-order valence-electron chi connectivity index (χ1n) is 12.0. The summed E-state index contributed by atoms with van der Waals surface area (Å²) in [6.45, 7) is 8.75. The highest BCUT2D eigenvalue weighted by Gasteiger charge is 2.34. The van der Waals surface area contributed by atoms with Gasteiger partial charge >= 0.3 is 0 Å². The number of hydrazone groups is 1. The Kier molecular flexibility index (Phi) is 8.67. The van der Waals surface area contributed by atoms with Crippen molar-refractivity contribution in [2.45, 2.75) is 46.6 Å². The van der Waals surface area contributed by atoms with Crippen LogP contribution in [0.1, 0.15) is 56.3 Å². The summed E-state index contributed by atoms with van der Waals surface area (Å²) in [6, 6.07) is 15.6. The molecular formula is C28H37N3O4. The van der Waals surface area contributed by atoms with Gasteiger partial charge in [-0.15, -0.1) is 0 Å². The minimum atomic E-state index is -0.244. The van der Waals surface area contributed by atoms with Crippen LogP contribution < -0.4 is 4.74 Å². The third-order valence-corrected chi connectivity index (χ3v) is 5.96. The molecule has 0 spiro atoms. The van der Waals surface area contributed by atoms with Crippen molar-refractivity contribution in [2.75, 3.05) is 33.9 Å². The zero-order chi connectivity index (χ0) is 25.6. The van der Waals surface area contributed by atoms with Gasteiger partial charge in [-0.05, 0) is 30.0 Å². The van der Waals surface area contributed by atoms with E-state index in [2.05, 4.69) is 0 Å². The molecule has 2 amide bonds. The summed E-state index contributed by atoms with van der Waals surface area (Å²) >= 11 is 0. The lowest BCUT2D eigenvalue weighted by molar-refractivity contribution is -0.143. The number of amides is 2. The minimum Gasteiger partial charge on any atom is -0.497 e. The maximum absolute atomic E-state index is 13.6. The normalized spacial score (nSPS) is 15.7. The third-order valence-electron chi connectivity index (χ3n) is 5.96. The Morgan fingerprint density at radius 3 is 2.46 bits per heavy atom. The maximum atomic E-state index is 13.6. The van der Waals surface area contributed by atoms with Crippen LogP contribution in [0.3, 0.4) is 0 Å². The zero-order valence-corrected chi connectivity index (χ0v) is 21.7. The number of rotatable bonds is 9. The molecule has 35 heavy (non-hydrogen) atoms. The highest BCUT2D eigenvalue weighted by Crippen LogP contribution is 2.34. The Bertz CT molecular complexity index is 1060. The van der Waals surface area contributed by atoms with Gasteiger partial charge in [0.05, 0.1) is 25.5 Å². The summed E-state index contributed by atoms with van der Waals surface area (Å²) in [4.78, 5) is 28.2. The summed E-state index contributed by atoms with van der Waals surface area (Å²) in [6.07, 6.45) is 0.930. The second-order valence-electron chi connectivity index (χ2n) is 10.2. The average Bonchev–Trinajstić information content (AvgIpc) is 3.26. The van der Waals surface area contributed by atoms with Crippen LogP contribution in [0.15, 0.2) is 53.6 Å². The van der Waals surface area contributed by atoms with E-state index in [0.717, 1.165) is 28.2 Å². The lowest BCUT2D eigenvalue weighted by Crippen LogP contribution is -2.43. The first-order valence-corrected chi connectivity index (χ1v) is 12.0. The Morgan fingerprint density at radius 1 is 1.11 bits per heavy atom. The highest BCUT2D eigenvalue weighted by atomic mass is 16.5. The van der Waals surface area contributed by atoms with E-state index in [1.807, 2.05) is 76.2 Å². The predicted molar refractivity (Wildman–Crippen MR) is 137 cm³/mol. The van der Waals surface area contributed by atoms with Gasteiger partial charge in [-0.3, -0.25) is 9.59 Å². The molecule has 1 atom stereocenters. The molecular weight excluding hydrogens is 442 g/mol. The summed E-state index contributed by atoms with van der Waals surface area (Å²) in [5.74, 6) is 0.457. The van der Waals surface area contributed by atoms with Gasteiger partial charge in [-0.1, -0.05) is 62.7 Å². The Balaban J connectivity index is 1.90. The number of carbonyl (C=O) groups is 2. The van der Waals surface area contributed by atoms with Crippen molar-refractivity contribution in [1.29, 1.82) is 0 Å². The number of nitrogens with zero attached hydrogens (tertiary/aromatic N) is 3. The van der Waals surface area contributed by atoms with Gasteiger partial charge in [-0.2, -0.15) is 5.10 Å². The smallest absolute Gasteiger partial charge is 0.262 e. The number of carbonyl (C=O) groups excluding carboxylic acids is 2. The van der Waals surface area contributed by atoms with E-state index >= 15 is 0 Å². The fourth-order valence-electron chi connectivity index (χ4n) is 4.06. The monoisotopic (exact) mass is 479 g/mol. The van der Waals surface area contributed by atoms with Gasteiger partial charge in [-0.25, -0.2) is 5.01 Å². The Hall–Kier alpha value is -3.19. The third kappa shape index (κ3) is 7.15. The molecule has 0 aliphatic carbocycles. The summed E-state index contributed by atoms with van der Waals surface area (Å²) in [5.41, 5.74) is 3.71. The maximum Gasteiger partial charge on any atom is 0.262 e. The van der Waals surface area contributed by atoms with Crippen LogP contribution in [0, 0.1) is 12.3 Å². The van der Waals surface area contributed by atoms with E-state index in [9.17, 15) is 9.59 Å². The Morgan fingerprint density at radius 2 is 1.83 bits per heavy atom. The van der Waals surface area contributed by atoms with Crippen molar-refractivity contribution in [3.05, 3.63) is 65.2 Å². The minimum absolute atomic E-state index is 0.0461. The molecule has 0 saturated carbocycles. The van der Waals surface area contributed by atoms with Crippen molar-refractivity contribution >= 4 is 17.5 Å². The molecule has 0 unspecified atom stereocenters. The van der Waals surface area contributed by atoms with Crippen molar-refractivity contribution in [2.24, 2.45) is 10.5 Å². The molecule has 188 valence electrons. The number of ether oxygens (including phenoxy) is 2. The van der Waals surface area contributed by atoms with Gasteiger partial charge in [0.2, 0.25) is 5.91 Å². The molecule has 0 aromatic heterocycles. The van der Waals surface area contributed by atoms with E-state index in [4.69, 9.17) is 14.6 Å². The molecule has 0 fully saturated rings. The van der Waals surface area contributed by atoms with E-state index in [1.54, 1.807) is 24.1 Å². The van der Waals surface area contributed by atoms with Gasteiger partial charge in [0.25, 0.3) is 5.91 Å². The van der Waals surface area contributed by atoms with Gasteiger partial charge in [0, 0.05) is 32.1 Å². The molecule has 7 heteroatoms. The van der Waals surface area contributed by atoms with Crippen molar-refractivity contribution in [1.82, 2.24) is 9.91 Å². The van der Waals surface area contributed by atoms with Crippen LogP contribution >= 0.6 is 0 Å². The van der Waals surface area contributed by atoms with Gasteiger partial charge in [0.15, 0.2) is 0 Å². The second kappa shape index (κ2) is 11.5. The molecule has 1 heterocycles. The standard InChI is InChI=1S/C28H37N3O4/c1-20-10-12-21(13-11-20)25-17-24(22-8-7-9-23(16-22)35-6)29-31(25)27(33)19-30(14-15-34-5)26(32)18-28(2,3)4/h7-13,16,25H,14-15,17-19H2,1-6H3/t25-/m0/s1. The number of hydrogen-bond donors (Lipinski definition) is 0. The molecule has 0 radical (unpaired) electrons. The van der Waals surface area contributed by atoms with Crippen molar-refractivity contribution in [3.8, 4) is 5.75 Å². The quantitative estimate of drug-likeness (QED) is 0.527. The lowest BCUT2D eigenvalue weighted by atomic mass is 9.91. The number of hydrogen-bond acceptors (Lipinski definition) is 5. The molecule has 0 saturated heterocycles. The molecule has 0 N–H and O–H groups in total. The molecule has 0 bridgehead atoms. The fraction of sp³-hybridized carbons (Fsp3) is 0.464. The van der Waals surface area contributed by atoms with E-state index in [0.29, 0.717) is 26.0 Å². The molecule has 1 aliphatic heterocycles. The van der Waals surface area contributed by atoms with Crippen LogP contribution in [-0.4, -0.2) is 61.4 Å². The van der Waals surface area contributed by atoms with Gasteiger partial charge < -0.3 is 14.4 Å². The van der Waals surface area contributed by atoms with Crippen LogP contribution in [0.5, 0.6) is 5.75 Å². The summed E-state index contributed by atoms with van der Waals surface area (Å²) in [7, 11) is 3.22. The van der Waals surface area contributed by atoms with E-state index in [1.165, 1.54) is 0 Å².